The summed E-state index contributed by atoms with van der Waals surface area (Å²) in [7, 11) is -3.87. The van der Waals surface area contributed by atoms with E-state index in [0.29, 0.717) is 38.3 Å². The Labute approximate surface area is 225 Å². The van der Waals surface area contributed by atoms with E-state index in [1.165, 1.54) is 12.1 Å². The van der Waals surface area contributed by atoms with Gasteiger partial charge in [0.2, 0.25) is 15.9 Å². The number of hydrogen-bond donors (Lipinski definition) is 2. The van der Waals surface area contributed by atoms with Gasteiger partial charge in [-0.25, -0.2) is 18.2 Å². The molecule has 0 bridgehead atoms. The minimum absolute atomic E-state index is 0.0892. The molecule has 1 aromatic carbocycles. The third-order valence-electron chi connectivity index (χ3n) is 5.92. The van der Waals surface area contributed by atoms with E-state index >= 15 is 0 Å². The first-order chi connectivity index (χ1) is 17.7. The molecule has 1 fully saturated rings. The second kappa shape index (κ2) is 12.1. The molecule has 0 aliphatic carbocycles. The Bertz CT molecular complexity index is 1200. The highest BCUT2D eigenvalue weighted by atomic mass is 32.2. The third kappa shape index (κ3) is 8.42. The first-order valence-electron chi connectivity index (χ1n) is 12.8. The average molecular weight is 546 g/mol. The second-order valence-corrected chi connectivity index (χ2v) is 12.7. The molecule has 11 heteroatoms. The van der Waals surface area contributed by atoms with Gasteiger partial charge in [-0.3, -0.25) is 4.79 Å². The maximum Gasteiger partial charge on any atom is 0.410 e. The van der Waals surface area contributed by atoms with Crippen molar-refractivity contribution in [2.24, 2.45) is 5.92 Å². The molecule has 2 aromatic rings. The zero-order valence-corrected chi connectivity index (χ0v) is 23.8. The molecule has 0 radical (unpaired) electrons. The van der Waals surface area contributed by atoms with Gasteiger partial charge < -0.3 is 19.9 Å². The fourth-order valence-corrected chi connectivity index (χ4v) is 5.18. The number of anilines is 2. The van der Waals surface area contributed by atoms with Crippen LogP contribution in [0.1, 0.15) is 46.6 Å². The summed E-state index contributed by atoms with van der Waals surface area (Å²) in [6.07, 6.45) is 1.57. The molecule has 208 valence electrons. The summed E-state index contributed by atoms with van der Waals surface area (Å²) < 4.78 is 33.8. The van der Waals surface area contributed by atoms with E-state index in [2.05, 4.69) is 19.9 Å². The number of amides is 2. The van der Waals surface area contributed by atoms with Crippen molar-refractivity contribution in [2.45, 2.75) is 64.5 Å². The summed E-state index contributed by atoms with van der Waals surface area (Å²) in [5.74, 6) is 0.367. The fraction of sp³-hybridized carbons (Fsp3) is 0.519. The third-order valence-corrected chi connectivity index (χ3v) is 7.41. The van der Waals surface area contributed by atoms with Gasteiger partial charge in [-0.15, -0.1) is 0 Å². The van der Waals surface area contributed by atoms with E-state index in [0.717, 1.165) is 11.4 Å². The van der Waals surface area contributed by atoms with Crippen molar-refractivity contribution in [2.75, 3.05) is 36.4 Å². The Morgan fingerprint density at radius 2 is 1.66 bits per heavy atom. The average Bonchev–Trinajstić information content (AvgIpc) is 2.83. The number of aromatic nitrogens is 1. The van der Waals surface area contributed by atoms with Crippen LogP contribution in [0.5, 0.6) is 0 Å². The standard InChI is InChI=1S/C27H39N5O5S/c1-19(2)17-23(30-38(35,36)22-10-7-20(3)8-11-22)25(33)29-21-9-12-24(28-18-21)31-13-15-32(16-14-31)26(34)37-27(4,5)6/h7-12,18-19,23,30H,13-17H2,1-6H3,(H,29,33)/t23-/m0/s1. The van der Waals surface area contributed by atoms with Crippen molar-refractivity contribution in [3.63, 3.8) is 0 Å². The van der Waals surface area contributed by atoms with Crippen LogP contribution >= 0.6 is 0 Å². The van der Waals surface area contributed by atoms with Crippen molar-refractivity contribution in [3.05, 3.63) is 48.2 Å². The number of carbonyl (C=O) groups excluding carboxylic acids is 2. The van der Waals surface area contributed by atoms with Crippen molar-refractivity contribution in [1.82, 2.24) is 14.6 Å². The second-order valence-electron chi connectivity index (χ2n) is 11.0. The summed E-state index contributed by atoms with van der Waals surface area (Å²) in [5, 5.41) is 2.79. The Kier molecular flexibility index (Phi) is 9.37. The molecule has 1 atom stereocenters. The normalized spacial score (nSPS) is 15.3. The van der Waals surface area contributed by atoms with Crippen LogP contribution in [0.2, 0.25) is 0 Å². The monoisotopic (exact) mass is 545 g/mol. The molecular formula is C27H39N5O5S. The van der Waals surface area contributed by atoms with Crippen LogP contribution in [0.25, 0.3) is 0 Å². The van der Waals surface area contributed by atoms with Crippen LogP contribution in [0.3, 0.4) is 0 Å². The fourth-order valence-electron chi connectivity index (χ4n) is 3.97. The smallest absolute Gasteiger partial charge is 0.410 e. The molecule has 2 heterocycles. The molecule has 38 heavy (non-hydrogen) atoms. The summed E-state index contributed by atoms with van der Waals surface area (Å²) in [6.45, 7) is 13.5. The summed E-state index contributed by atoms with van der Waals surface area (Å²) in [4.78, 5) is 33.7. The predicted molar refractivity (Wildman–Crippen MR) is 148 cm³/mol. The Morgan fingerprint density at radius 1 is 1.03 bits per heavy atom. The number of hydrogen-bond acceptors (Lipinski definition) is 7. The van der Waals surface area contributed by atoms with Crippen molar-refractivity contribution in [1.29, 1.82) is 0 Å². The van der Waals surface area contributed by atoms with Gasteiger partial charge in [-0.1, -0.05) is 31.5 Å². The molecule has 0 spiro atoms. The molecule has 1 aliphatic rings. The van der Waals surface area contributed by atoms with E-state index < -0.39 is 27.6 Å². The number of rotatable bonds is 8. The van der Waals surface area contributed by atoms with Crippen LogP contribution in [-0.4, -0.2) is 68.1 Å². The summed E-state index contributed by atoms with van der Waals surface area (Å²) in [6, 6.07) is 9.08. The van der Waals surface area contributed by atoms with Crippen LogP contribution in [0, 0.1) is 12.8 Å². The highest BCUT2D eigenvalue weighted by Crippen LogP contribution is 2.19. The van der Waals surface area contributed by atoms with Gasteiger partial charge in [0.15, 0.2) is 0 Å². The number of sulfonamides is 1. The van der Waals surface area contributed by atoms with Gasteiger partial charge in [-0.05, 0) is 64.3 Å². The lowest BCUT2D eigenvalue weighted by molar-refractivity contribution is -0.118. The van der Waals surface area contributed by atoms with Gasteiger partial charge >= 0.3 is 6.09 Å². The van der Waals surface area contributed by atoms with E-state index in [9.17, 15) is 18.0 Å². The van der Waals surface area contributed by atoms with Crippen LogP contribution in [0.4, 0.5) is 16.3 Å². The maximum atomic E-state index is 13.1. The molecule has 0 saturated carbocycles. The van der Waals surface area contributed by atoms with Gasteiger partial charge in [0.25, 0.3) is 0 Å². The van der Waals surface area contributed by atoms with Crippen molar-refractivity contribution < 1.29 is 22.7 Å². The van der Waals surface area contributed by atoms with E-state index in [4.69, 9.17) is 4.74 Å². The number of ether oxygens (including phenoxy) is 1. The number of benzene rings is 1. The molecule has 3 rings (SSSR count). The molecule has 1 aliphatic heterocycles. The minimum atomic E-state index is -3.87. The largest absolute Gasteiger partial charge is 0.444 e. The van der Waals surface area contributed by atoms with E-state index in [1.54, 1.807) is 35.4 Å². The molecule has 2 amide bonds. The first kappa shape index (κ1) is 29.4. The van der Waals surface area contributed by atoms with Gasteiger partial charge in [-0.2, -0.15) is 4.72 Å². The summed E-state index contributed by atoms with van der Waals surface area (Å²) in [5.41, 5.74) is 0.876. The number of carbonyl (C=O) groups is 2. The van der Waals surface area contributed by atoms with Crippen molar-refractivity contribution >= 4 is 33.5 Å². The topological polar surface area (TPSA) is 121 Å². The van der Waals surface area contributed by atoms with Gasteiger partial charge in [0.1, 0.15) is 17.5 Å². The Hall–Kier alpha value is -3.18. The van der Waals surface area contributed by atoms with Crippen LogP contribution < -0.4 is 14.9 Å². The first-order valence-corrected chi connectivity index (χ1v) is 14.3. The van der Waals surface area contributed by atoms with Crippen LogP contribution in [0.15, 0.2) is 47.5 Å². The molecule has 1 saturated heterocycles. The highest BCUT2D eigenvalue weighted by molar-refractivity contribution is 7.89. The lowest BCUT2D eigenvalue weighted by Gasteiger charge is -2.36. The van der Waals surface area contributed by atoms with Crippen LogP contribution in [-0.2, 0) is 19.6 Å². The maximum absolute atomic E-state index is 13.1. The highest BCUT2D eigenvalue weighted by Gasteiger charge is 2.28. The SMILES string of the molecule is Cc1ccc(S(=O)(=O)N[C@@H](CC(C)C)C(=O)Nc2ccc(N3CCN(C(=O)OC(C)(C)C)CC3)nc2)cc1. The Morgan fingerprint density at radius 3 is 2.18 bits per heavy atom. The predicted octanol–water partition coefficient (Wildman–Crippen LogP) is 3.78. The molecular weight excluding hydrogens is 506 g/mol. The van der Waals surface area contributed by atoms with Crippen molar-refractivity contribution in [3.8, 4) is 0 Å². The van der Waals surface area contributed by atoms with Gasteiger partial charge in [0, 0.05) is 26.2 Å². The van der Waals surface area contributed by atoms with E-state index in [1.807, 2.05) is 41.5 Å². The number of piperazine rings is 1. The zero-order chi connectivity index (χ0) is 28.1. The summed E-state index contributed by atoms with van der Waals surface area (Å²) >= 11 is 0. The number of aryl methyl sites for hydroxylation is 1. The molecule has 1 aromatic heterocycles. The Balaban J connectivity index is 1.61. The lowest BCUT2D eigenvalue weighted by Crippen LogP contribution is -2.50. The molecule has 2 N–H and O–H groups in total. The minimum Gasteiger partial charge on any atom is -0.444 e. The van der Waals surface area contributed by atoms with Gasteiger partial charge in [0.05, 0.1) is 16.8 Å². The van der Waals surface area contributed by atoms with E-state index in [-0.39, 0.29) is 16.9 Å². The zero-order valence-electron chi connectivity index (χ0n) is 23.0. The quantitative estimate of drug-likeness (QED) is 0.518. The molecule has 0 unspecified atom stereocenters. The number of nitrogens with one attached hydrogen (secondary N) is 2. The lowest BCUT2D eigenvalue weighted by atomic mass is 10.0. The number of pyridine rings is 1. The molecule has 10 nitrogen and oxygen atoms in total. The number of nitrogens with zero attached hydrogens (tertiary/aromatic N) is 3.